The molecule has 8 nitrogen and oxygen atoms in total. The quantitative estimate of drug-likeness (QED) is 0.463. The highest BCUT2D eigenvalue weighted by Gasteiger charge is 2.35. The third kappa shape index (κ3) is 6.23. The fourth-order valence-electron chi connectivity index (χ4n) is 3.05. The lowest BCUT2D eigenvalue weighted by atomic mass is 10.2. The highest BCUT2D eigenvalue weighted by atomic mass is 32.2. The predicted molar refractivity (Wildman–Crippen MR) is 129 cm³/mol. The van der Waals surface area contributed by atoms with Crippen LogP contribution in [0.15, 0.2) is 53.4 Å². The lowest BCUT2D eigenvalue weighted by Gasteiger charge is -2.12. The number of amides is 3. The Balaban J connectivity index is 1.55. The summed E-state index contributed by atoms with van der Waals surface area (Å²) in [5, 5.41) is 2.29. The molecule has 0 unspecified atom stereocenters. The molecule has 0 saturated carbocycles. The topological polar surface area (TPSA) is 96.0 Å². The van der Waals surface area contributed by atoms with Crippen LogP contribution in [0.5, 0.6) is 0 Å². The summed E-state index contributed by atoms with van der Waals surface area (Å²) >= 11 is 0.864. The predicted octanol–water partition coefficient (Wildman–Crippen LogP) is 3.99. The standard InChI is InChI=1S/C24H25N3O5S/c1-4-32-23(30)17-7-9-18(10-8-17)25-21(28)13-14-27-22(29)20(33-24(27)31)15-16-5-11-19(12-6-16)26(2)3/h5-12,15H,4,13-14H2,1-3H3,(H,25,28)/b20-15-. The second kappa shape index (κ2) is 10.8. The first kappa shape index (κ1) is 24.1. The smallest absolute Gasteiger partial charge is 0.338 e. The first-order chi connectivity index (χ1) is 15.8. The van der Waals surface area contributed by atoms with Crippen molar-refractivity contribution in [2.24, 2.45) is 0 Å². The van der Waals surface area contributed by atoms with Crippen molar-refractivity contribution in [2.75, 3.05) is 37.5 Å². The Morgan fingerprint density at radius 3 is 2.33 bits per heavy atom. The Bertz CT molecular complexity index is 1080. The van der Waals surface area contributed by atoms with Crippen LogP contribution in [0.2, 0.25) is 0 Å². The molecule has 3 amide bonds. The number of carbonyl (C=O) groups is 4. The van der Waals surface area contributed by atoms with E-state index < -0.39 is 17.1 Å². The summed E-state index contributed by atoms with van der Waals surface area (Å²) in [6.45, 7) is 1.99. The normalized spacial score (nSPS) is 14.5. The van der Waals surface area contributed by atoms with Crippen LogP contribution in [0.4, 0.5) is 16.2 Å². The summed E-state index contributed by atoms with van der Waals surface area (Å²) in [6.07, 6.45) is 1.64. The molecule has 1 saturated heterocycles. The molecule has 172 valence electrons. The largest absolute Gasteiger partial charge is 0.462 e. The minimum Gasteiger partial charge on any atom is -0.462 e. The van der Waals surface area contributed by atoms with Gasteiger partial charge in [0.25, 0.3) is 11.1 Å². The second-order valence-electron chi connectivity index (χ2n) is 7.42. The molecule has 2 aromatic carbocycles. The average Bonchev–Trinajstić information content (AvgIpc) is 3.05. The van der Waals surface area contributed by atoms with Gasteiger partial charge in [-0.15, -0.1) is 0 Å². The summed E-state index contributed by atoms with van der Waals surface area (Å²) in [5.41, 5.74) is 2.73. The van der Waals surface area contributed by atoms with Crippen molar-refractivity contribution in [1.29, 1.82) is 0 Å². The Hall–Kier alpha value is -3.59. The zero-order valence-corrected chi connectivity index (χ0v) is 19.5. The highest BCUT2D eigenvalue weighted by Crippen LogP contribution is 2.32. The summed E-state index contributed by atoms with van der Waals surface area (Å²) in [6, 6.07) is 13.9. The Kier molecular flexibility index (Phi) is 7.89. The maximum absolute atomic E-state index is 12.7. The zero-order valence-electron chi connectivity index (χ0n) is 18.7. The van der Waals surface area contributed by atoms with E-state index in [0.717, 1.165) is 27.9 Å². The molecule has 1 heterocycles. The van der Waals surface area contributed by atoms with Crippen LogP contribution in [-0.2, 0) is 14.3 Å². The van der Waals surface area contributed by atoms with Crippen LogP contribution in [0.25, 0.3) is 6.08 Å². The van der Waals surface area contributed by atoms with Gasteiger partial charge in [-0.1, -0.05) is 12.1 Å². The molecule has 2 aromatic rings. The second-order valence-corrected chi connectivity index (χ2v) is 8.41. The van der Waals surface area contributed by atoms with E-state index in [4.69, 9.17) is 4.74 Å². The van der Waals surface area contributed by atoms with E-state index >= 15 is 0 Å². The fourth-order valence-corrected chi connectivity index (χ4v) is 3.92. The van der Waals surface area contributed by atoms with Gasteiger partial charge in [-0.2, -0.15) is 0 Å². The molecule has 9 heteroatoms. The summed E-state index contributed by atoms with van der Waals surface area (Å²) < 4.78 is 4.92. The maximum atomic E-state index is 12.7. The molecule has 3 rings (SSSR count). The van der Waals surface area contributed by atoms with Gasteiger partial charge in [0.15, 0.2) is 0 Å². The molecule has 0 spiro atoms. The van der Waals surface area contributed by atoms with E-state index in [1.54, 1.807) is 37.3 Å². The van der Waals surface area contributed by atoms with Crippen LogP contribution < -0.4 is 10.2 Å². The van der Waals surface area contributed by atoms with Crippen LogP contribution in [0.1, 0.15) is 29.3 Å². The highest BCUT2D eigenvalue weighted by molar-refractivity contribution is 8.18. The van der Waals surface area contributed by atoms with Gasteiger partial charge in [0, 0.05) is 38.4 Å². The van der Waals surface area contributed by atoms with Gasteiger partial charge in [0.2, 0.25) is 5.91 Å². The SMILES string of the molecule is CCOC(=O)c1ccc(NC(=O)CCN2C(=O)S/C(=C\c3ccc(N(C)C)cc3)C2=O)cc1. The van der Waals surface area contributed by atoms with Crippen molar-refractivity contribution in [3.8, 4) is 0 Å². The van der Waals surface area contributed by atoms with Crippen LogP contribution in [0.3, 0.4) is 0 Å². The number of anilines is 2. The molecule has 0 atom stereocenters. The monoisotopic (exact) mass is 467 g/mol. The number of benzene rings is 2. The summed E-state index contributed by atoms with van der Waals surface area (Å²) in [5.74, 6) is -1.19. The molecular formula is C24H25N3O5S. The van der Waals surface area contributed by atoms with Gasteiger partial charge in [-0.25, -0.2) is 4.79 Å². The maximum Gasteiger partial charge on any atom is 0.338 e. The van der Waals surface area contributed by atoms with E-state index in [1.165, 1.54) is 0 Å². The van der Waals surface area contributed by atoms with Crippen molar-refractivity contribution < 1.29 is 23.9 Å². The number of nitrogens with one attached hydrogen (secondary N) is 1. The third-order valence-corrected chi connectivity index (χ3v) is 5.73. The first-order valence-corrected chi connectivity index (χ1v) is 11.2. The average molecular weight is 468 g/mol. The molecular weight excluding hydrogens is 442 g/mol. The molecule has 1 N–H and O–H groups in total. The number of rotatable bonds is 8. The number of ether oxygens (including phenoxy) is 1. The number of hydrogen-bond donors (Lipinski definition) is 1. The number of nitrogens with zero attached hydrogens (tertiary/aromatic N) is 2. The molecule has 33 heavy (non-hydrogen) atoms. The van der Waals surface area contributed by atoms with Crippen molar-refractivity contribution in [1.82, 2.24) is 4.90 Å². The van der Waals surface area contributed by atoms with E-state index in [2.05, 4.69) is 5.32 Å². The van der Waals surface area contributed by atoms with Crippen molar-refractivity contribution >= 4 is 52.2 Å². The van der Waals surface area contributed by atoms with Gasteiger partial charge in [0.05, 0.1) is 17.1 Å². The number of esters is 1. The lowest BCUT2D eigenvalue weighted by molar-refractivity contribution is -0.123. The number of hydrogen-bond acceptors (Lipinski definition) is 7. The third-order valence-electron chi connectivity index (χ3n) is 4.82. The molecule has 1 aliphatic heterocycles. The van der Waals surface area contributed by atoms with Crippen molar-refractivity contribution in [3.05, 3.63) is 64.6 Å². The number of thioether (sulfide) groups is 1. The molecule has 1 fully saturated rings. The van der Waals surface area contributed by atoms with Crippen LogP contribution >= 0.6 is 11.8 Å². The Labute approximate surface area is 196 Å². The number of imide groups is 1. The van der Waals surface area contributed by atoms with Crippen molar-refractivity contribution in [2.45, 2.75) is 13.3 Å². The van der Waals surface area contributed by atoms with Crippen LogP contribution in [-0.4, -0.2) is 55.2 Å². The molecule has 0 aliphatic carbocycles. The van der Waals surface area contributed by atoms with Gasteiger partial charge in [-0.3, -0.25) is 19.3 Å². The van der Waals surface area contributed by atoms with Gasteiger partial charge in [0.1, 0.15) is 0 Å². The van der Waals surface area contributed by atoms with Crippen molar-refractivity contribution in [3.63, 3.8) is 0 Å². The Morgan fingerprint density at radius 2 is 1.73 bits per heavy atom. The Morgan fingerprint density at radius 1 is 1.06 bits per heavy atom. The minimum absolute atomic E-state index is 0.0195. The van der Waals surface area contributed by atoms with E-state index in [-0.39, 0.29) is 25.5 Å². The van der Waals surface area contributed by atoms with E-state index in [9.17, 15) is 19.2 Å². The van der Waals surface area contributed by atoms with Gasteiger partial charge in [-0.05, 0) is 66.7 Å². The first-order valence-electron chi connectivity index (χ1n) is 10.4. The van der Waals surface area contributed by atoms with Gasteiger partial charge >= 0.3 is 5.97 Å². The lowest BCUT2D eigenvalue weighted by Crippen LogP contribution is -2.31. The molecule has 0 aromatic heterocycles. The fraction of sp³-hybridized carbons (Fsp3) is 0.250. The van der Waals surface area contributed by atoms with E-state index in [0.29, 0.717) is 16.2 Å². The van der Waals surface area contributed by atoms with Gasteiger partial charge < -0.3 is 15.0 Å². The zero-order chi connectivity index (χ0) is 24.0. The number of carbonyl (C=O) groups excluding carboxylic acids is 4. The molecule has 0 bridgehead atoms. The van der Waals surface area contributed by atoms with Crippen LogP contribution in [0, 0.1) is 0 Å². The molecule has 1 aliphatic rings. The summed E-state index contributed by atoms with van der Waals surface area (Å²) in [7, 11) is 3.88. The minimum atomic E-state index is -0.434. The molecule has 0 radical (unpaired) electrons. The van der Waals surface area contributed by atoms with E-state index in [1.807, 2.05) is 43.3 Å². The summed E-state index contributed by atoms with van der Waals surface area (Å²) in [4.78, 5) is 52.3.